The molecule has 4 N–H and O–H groups in total. The zero-order chi connectivity index (χ0) is 24.3. The minimum Gasteiger partial charge on any atom is -0.377 e. The number of piperidine rings is 1. The van der Waals surface area contributed by atoms with Gasteiger partial charge in [0.05, 0.1) is 18.2 Å². The van der Waals surface area contributed by atoms with Crippen LogP contribution in [-0.2, 0) is 15.8 Å². The monoisotopic (exact) mass is 481 g/mol. The molecule has 2 atom stereocenters. The molecule has 0 saturated carbocycles. The van der Waals surface area contributed by atoms with Gasteiger partial charge in [-0.2, -0.15) is 23.1 Å². The summed E-state index contributed by atoms with van der Waals surface area (Å²) in [5.41, 5.74) is 6.43. The second-order valence-corrected chi connectivity index (χ2v) is 10.0. The molecule has 2 aromatic rings. The number of nitrogens with zero attached hydrogens (tertiary/aromatic N) is 5. The van der Waals surface area contributed by atoms with E-state index in [0.29, 0.717) is 35.4 Å². The Morgan fingerprint density at radius 3 is 2.59 bits per heavy atom. The summed E-state index contributed by atoms with van der Waals surface area (Å²) in [7, 11) is -2.46. The smallest absolute Gasteiger partial charge is 0.304 e. The summed E-state index contributed by atoms with van der Waals surface area (Å²) in [6, 6.07) is 17.6. The van der Waals surface area contributed by atoms with Crippen LogP contribution in [0.2, 0.25) is 0 Å². The third-order valence-electron chi connectivity index (χ3n) is 5.97. The molecule has 1 saturated heterocycles. The van der Waals surface area contributed by atoms with E-state index in [4.69, 9.17) is 11.0 Å². The van der Waals surface area contributed by atoms with E-state index in [0.717, 1.165) is 6.42 Å². The molecule has 2 aliphatic rings. The molecule has 0 aromatic heterocycles. The zero-order valence-electron chi connectivity index (χ0n) is 18.8. The van der Waals surface area contributed by atoms with Crippen molar-refractivity contribution in [2.75, 3.05) is 26.7 Å². The third kappa shape index (κ3) is 4.67. The molecular weight excluding hydrogens is 454 g/mol. The van der Waals surface area contributed by atoms with E-state index in [2.05, 4.69) is 20.9 Å². The van der Waals surface area contributed by atoms with E-state index < -0.39 is 15.8 Å². The lowest BCUT2D eigenvalue weighted by atomic mass is 9.86. The summed E-state index contributed by atoms with van der Waals surface area (Å²) in [5, 5.41) is 26.8. The number of nitrogens with one attached hydrogen (secondary N) is 1. The Hall–Kier alpha value is -3.30. The van der Waals surface area contributed by atoms with Crippen molar-refractivity contribution in [3.8, 4) is 6.07 Å². The Bertz CT molecular complexity index is 1240. The van der Waals surface area contributed by atoms with Crippen LogP contribution in [0, 0.1) is 11.3 Å². The van der Waals surface area contributed by atoms with Gasteiger partial charge in [-0.15, -0.1) is 0 Å². The highest BCUT2D eigenvalue weighted by atomic mass is 32.2. The van der Waals surface area contributed by atoms with E-state index >= 15 is 0 Å². The van der Waals surface area contributed by atoms with E-state index in [-0.39, 0.29) is 25.1 Å². The van der Waals surface area contributed by atoms with Gasteiger partial charge >= 0.3 is 10.2 Å². The van der Waals surface area contributed by atoms with E-state index in [1.54, 1.807) is 36.4 Å². The summed E-state index contributed by atoms with van der Waals surface area (Å²) in [5.74, 6) is -0.0165. The highest BCUT2D eigenvalue weighted by Gasteiger charge is 2.45. The van der Waals surface area contributed by atoms with Gasteiger partial charge in [-0.1, -0.05) is 42.5 Å². The number of aliphatic hydroxyl groups is 1. The molecular formula is C23H27N7O3S. The second kappa shape index (κ2) is 9.52. The Kier molecular flexibility index (Phi) is 6.67. The number of hydrazone groups is 1. The predicted molar refractivity (Wildman–Crippen MR) is 129 cm³/mol. The number of nitriles is 1. The highest BCUT2D eigenvalue weighted by Crippen LogP contribution is 2.33. The topological polar surface area (TPSA) is 147 Å². The van der Waals surface area contributed by atoms with Gasteiger partial charge in [0.15, 0.2) is 5.60 Å². The molecule has 2 aromatic carbocycles. The van der Waals surface area contributed by atoms with Crippen LogP contribution in [0.1, 0.15) is 29.5 Å². The molecule has 0 amide bonds. The fourth-order valence-corrected chi connectivity index (χ4v) is 5.49. The van der Waals surface area contributed by atoms with Gasteiger partial charge in [-0.05, 0) is 30.5 Å². The average molecular weight is 482 g/mol. The summed E-state index contributed by atoms with van der Waals surface area (Å²) < 4.78 is 29.9. The number of aliphatic imine (C=N–C) groups is 1. The van der Waals surface area contributed by atoms with Gasteiger partial charge in [0.1, 0.15) is 5.71 Å². The minimum atomic E-state index is -3.91. The maximum atomic E-state index is 13.0. The van der Waals surface area contributed by atoms with Crippen LogP contribution in [0.15, 0.2) is 64.7 Å². The van der Waals surface area contributed by atoms with Crippen molar-refractivity contribution in [2.24, 2.45) is 15.8 Å². The number of rotatable bonds is 4. The van der Waals surface area contributed by atoms with Crippen LogP contribution < -0.4 is 10.5 Å². The van der Waals surface area contributed by atoms with Gasteiger partial charge in [0.2, 0.25) is 5.96 Å². The standard InChI is InChI=1S/C23H27N7O3S/c1-26-22(28-34(32,33)29-13-5-8-20(25)15-29)30-16-23(31,19-6-3-2-4-7-19)21(27-30)18-11-9-17(14-24)10-12-18/h2-4,6-7,9-12,20,31H,5,8,13,15-16,25H2,1H3,(H,26,28). The summed E-state index contributed by atoms with van der Waals surface area (Å²) in [6.45, 7) is 0.537. The SMILES string of the molecule is CN=C(NS(=O)(=O)N1CCCC(N)C1)N1CC(O)(c2ccccc2)C(c2ccc(C#N)cc2)=N1. The molecule has 11 heteroatoms. The quantitative estimate of drug-likeness (QED) is 0.433. The fraction of sp³-hybridized carbons (Fsp3) is 0.348. The van der Waals surface area contributed by atoms with Crippen LogP contribution in [-0.4, -0.2) is 67.2 Å². The van der Waals surface area contributed by atoms with Crippen molar-refractivity contribution in [3.63, 3.8) is 0 Å². The van der Waals surface area contributed by atoms with E-state index in [1.165, 1.54) is 16.4 Å². The van der Waals surface area contributed by atoms with Crippen molar-refractivity contribution in [1.82, 2.24) is 14.0 Å². The summed E-state index contributed by atoms with van der Waals surface area (Å²) in [4.78, 5) is 4.12. The first kappa shape index (κ1) is 23.8. The lowest BCUT2D eigenvalue weighted by molar-refractivity contribution is 0.103. The van der Waals surface area contributed by atoms with Gasteiger partial charge in [0.25, 0.3) is 0 Å². The van der Waals surface area contributed by atoms with Crippen molar-refractivity contribution in [1.29, 1.82) is 5.26 Å². The van der Waals surface area contributed by atoms with Crippen LogP contribution in [0.4, 0.5) is 0 Å². The zero-order valence-corrected chi connectivity index (χ0v) is 19.6. The molecule has 0 aliphatic carbocycles. The Morgan fingerprint density at radius 1 is 1.26 bits per heavy atom. The average Bonchev–Trinajstić information content (AvgIpc) is 3.21. The van der Waals surface area contributed by atoms with Gasteiger partial charge in [0, 0.05) is 31.7 Å². The third-order valence-corrected chi connectivity index (χ3v) is 7.42. The van der Waals surface area contributed by atoms with E-state index in [9.17, 15) is 13.5 Å². The van der Waals surface area contributed by atoms with Crippen LogP contribution in [0.5, 0.6) is 0 Å². The molecule has 2 aliphatic heterocycles. The predicted octanol–water partition coefficient (Wildman–Crippen LogP) is 0.709. The van der Waals surface area contributed by atoms with Crippen molar-refractivity contribution < 1.29 is 13.5 Å². The van der Waals surface area contributed by atoms with Gasteiger partial charge in [-0.25, -0.2) is 9.73 Å². The first-order valence-corrected chi connectivity index (χ1v) is 12.4. The minimum absolute atomic E-state index is 0.0165. The molecule has 34 heavy (non-hydrogen) atoms. The number of hydrogen-bond acceptors (Lipinski definition) is 7. The normalized spacial score (nSPS) is 23.9. The lowest BCUT2D eigenvalue weighted by Crippen LogP contribution is -2.53. The first-order chi connectivity index (χ1) is 16.3. The summed E-state index contributed by atoms with van der Waals surface area (Å²) >= 11 is 0. The Morgan fingerprint density at radius 2 is 1.97 bits per heavy atom. The van der Waals surface area contributed by atoms with Crippen LogP contribution in [0.25, 0.3) is 0 Å². The maximum absolute atomic E-state index is 13.0. The molecule has 1 fully saturated rings. The molecule has 0 bridgehead atoms. The van der Waals surface area contributed by atoms with Gasteiger partial charge in [-0.3, -0.25) is 4.99 Å². The van der Waals surface area contributed by atoms with Crippen LogP contribution >= 0.6 is 0 Å². The van der Waals surface area contributed by atoms with Crippen molar-refractivity contribution in [3.05, 3.63) is 71.3 Å². The van der Waals surface area contributed by atoms with Crippen molar-refractivity contribution in [2.45, 2.75) is 24.5 Å². The number of benzene rings is 2. The molecule has 4 rings (SSSR count). The largest absolute Gasteiger partial charge is 0.377 e. The van der Waals surface area contributed by atoms with Gasteiger partial charge < -0.3 is 10.8 Å². The number of β-amino-alcohol motifs (C(OH)–C–C–N with tert-alkyl or cyclic N) is 1. The fourth-order valence-electron chi connectivity index (χ4n) is 4.18. The number of guanidine groups is 1. The maximum Gasteiger partial charge on any atom is 0.304 e. The molecule has 0 radical (unpaired) electrons. The molecule has 2 heterocycles. The lowest BCUT2D eigenvalue weighted by Gasteiger charge is -2.31. The Labute approximate surface area is 199 Å². The van der Waals surface area contributed by atoms with E-state index in [1.807, 2.05) is 18.2 Å². The number of nitrogens with two attached hydrogens (primary N) is 1. The van der Waals surface area contributed by atoms with Crippen LogP contribution in [0.3, 0.4) is 0 Å². The Balaban J connectivity index is 1.68. The number of hydrogen-bond donors (Lipinski definition) is 3. The second-order valence-electron chi connectivity index (χ2n) is 8.34. The molecule has 178 valence electrons. The molecule has 10 nitrogen and oxygen atoms in total. The van der Waals surface area contributed by atoms with Crippen molar-refractivity contribution >= 4 is 21.9 Å². The first-order valence-electron chi connectivity index (χ1n) is 10.9. The molecule has 2 unspecified atom stereocenters. The summed E-state index contributed by atoms with van der Waals surface area (Å²) in [6.07, 6.45) is 1.45. The molecule has 0 spiro atoms. The highest BCUT2D eigenvalue weighted by molar-refractivity contribution is 7.87.